The number of ether oxygens (including phenoxy) is 2. The third kappa shape index (κ3) is 3.96. The number of halogens is 1. The first-order valence-electron chi connectivity index (χ1n) is 7.66. The van der Waals surface area contributed by atoms with Crippen LogP contribution in [0.4, 0.5) is 9.18 Å². The summed E-state index contributed by atoms with van der Waals surface area (Å²) in [7, 11) is 1.36. The Morgan fingerprint density at radius 3 is 2.46 bits per heavy atom. The van der Waals surface area contributed by atoms with Crippen molar-refractivity contribution in [1.82, 2.24) is 4.90 Å². The van der Waals surface area contributed by atoms with Gasteiger partial charge in [-0.3, -0.25) is 4.79 Å². The number of carbonyl (C=O) groups is 2. The lowest BCUT2D eigenvalue weighted by Crippen LogP contribution is -2.35. The highest BCUT2D eigenvalue weighted by atomic mass is 19.1. The summed E-state index contributed by atoms with van der Waals surface area (Å²) in [5.74, 6) is -2.81. The highest BCUT2D eigenvalue weighted by molar-refractivity contribution is 5.76. The van der Waals surface area contributed by atoms with Gasteiger partial charge in [0.05, 0.1) is 13.0 Å². The minimum absolute atomic E-state index is 0.0303. The Labute approximate surface area is 140 Å². The fourth-order valence-corrected chi connectivity index (χ4v) is 2.78. The van der Waals surface area contributed by atoms with E-state index in [9.17, 15) is 19.1 Å². The lowest BCUT2D eigenvalue weighted by atomic mass is 9.89. The summed E-state index contributed by atoms with van der Waals surface area (Å²) in [6, 6.07) is 4.35. The number of amides is 1. The number of aliphatic carboxylic acids is 1. The van der Waals surface area contributed by atoms with Crippen molar-refractivity contribution in [3.05, 3.63) is 29.6 Å². The Bertz CT molecular complexity index is 640. The molecule has 132 valence electrons. The third-order valence-corrected chi connectivity index (χ3v) is 3.89. The van der Waals surface area contributed by atoms with E-state index >= 15 is 0 Å². The zero-order valence-electron chi connectivity index (χ0n) is 14.2. The molecular weight excluding hydrogens is 317 g/mol. The Balaban J connectivity index is 2.23. The number of rotatable bonds is 3. The molecule has 2 rings (SSSR count). The fraction of sp³-hybridized carbons (Fsp3) is 0.529. The van der Waals surface area contributed by atoms with Gasteiger partial charge in [-0.05, 0) is 38.5 Å². The van der Waals surface area contributed by atoms with Crippen LogP contribution in [0.2, 0.25) is 0 Å². The molecule has 1 N–H and O–H groups in total. The molecule has 24 heavy (non-hydrogen) atoms. The summed E-state index contributed by atoms with van der Waals surface area (Å²) in [6.45, 7) is 5.42. The summed E-state index contributed by atoms with van der Waals surface area (Å²) in [5, 5.41) is 9.45. The van der Waals surface area contributed by atoms with Gasteiger partial charge in [0.15, 0.2) is 11.6 Å². The van der Waals surface area contributed by atoms with Crippen LogP contribution in [-0.2, 0) is 9.53 Å². The van der Waals surface area contributed by atoms with Crippen molar-refractivity contribution in [2.75, 3.05) is 20.2 Å². The number of benzene rings is 1. The van der Waals surface area contributed by atoms with E-state index in [0.717, 1.165) is 0 Å². The molecule has 1 aliphatic rings. The number of carboxylic acids is 1. The van der Waals surface area contributed by atoms with E-state index in [4.69, 9.17) is 9.47 Å². The maximum Gasteiger partial charge on any atom is 0.410 e. The molecule has 1 saturated heterocycles. The van der Waals surface area contributed by atoms with Crippen molar-refractivity contribution in [1.29, 1.82) is 0 Å². The molecule has 1 amide bonds. The highest BCUT2D eigenvalue weighted by Gasteiger charge is 2.42. The molecule has 0 bridgehead atoms. The molecule has 1 aromatic carbocycles. The first kappa shape index (κ1) is 18.0. The molecule has 1 fully saturated rings. The van der Waals surface area contributed by atoms with E-state index in [-0.39, 0.29) is 18.8 Å². The van der Waals surface area contributed by atoms with Gasteiger partial charge in [0.25, 0.3) is 0 Å². The molecule has 0 aliphatic carbocycles. The van der Waals surface area contributed by atoms with Crippen LogP contribution in [-0.4, -0.2) is 47.9 Å². The molecule has 0 radical (unpaired) electrons. The normalized spacial score (nSPS) is 20.8. The van der Waals surface area contributed by atoms with Crippen LogP contribution < -0.4 is 4.74 Å². The van der Waals surface area contributed by atoms with Crippen LogP contribution >= 0.6 is 0 Å². The van der Waals surface area contributed by atoms with Crippen LogP contribution in [0.1, 0.15) is 32.3 Å². The summed E-state index contributed by atoms with van der Waals surface area (Å²) < 4.78 is 24.1. The summed E-state index contributed by atoms with van der Waals surface area (Å²) in [5.41, 5.74) is -0.146. The molecule has 0 aromatic heterocycles. The lowest BCUT2D eigenvalue weighted by molar-refractivity contribution is -0.141. The van der Waals surface area contributed by atoms with Crippen molar-refractivity contribution in [3.63, 3.8) is 0 Å². The van der Waals surface area contributed by atoms with Crippen molar-refractivity contribution in [2.24, 2.45) is 5.92 Å². The number of methoxy groups -OCH3 is 1. The molecule has 1 aliphatic heterocycles. The molecule has 6 nitrogen and oxygen atoms in total. The molecule has 2 unspecified atom stereocenters. The molecular formula is C17H22FNO5. The van der Waals surface area contributed by atoms with Crippen molar-refractivity contribution in [3.8, 4) is 5.75 Å². The highest BCUT2D eigenvalue weighted by Crippen LogP contribution is 2.35. The van der Waals surface area contributed by atoms with Gasteiger partial charge in [-0.1, -0.05) is 6.07 Å². The van der Waals surface area contributed by atoms with Gasteiger partial charge in [0, 0.05) is 19.0 Å². The molecule has 1 heterocycles. The molecule has 2 atom stereocenters. The zero-order chi connectivity index (χ0) is 18.1. The number of hydrogen-bond donors (Lipinski definition) is 1. The summed E-state index contributed by atoms with van der Waals surface area (Å²) in [4.78, 5) is 25.1. The van der Waals surface area contributed by atoms with Crippen LogP contribution in [0.5, 0.6) is 5.75 Å². The van der Waals surface area contributed by atoms with Crippen LogP contribution in [0.25, 0.3) is 0 Å². The summed E-state index contributed by atoms with van der Waals surface area (Å²) >= 11 is 0. The van der Waals surface area contributed by atoms with Crippen molar-refractivity contribution >= 4 is 12.1 Å². The Morgan fingerprint density at radius 1 is 1.29 bits per heavy atom. The zero-order valence-corrected chi connectivity index (χ0v) is 14.2. The predicted octanol–water partition coefficient (Wildman–Crippen LogP) is 2.87. The Kier molecular flexibility index (Phi) is 5.01. The van der Waals surface area contributed by atoms with Gasteiger partial charge in [-0.15, -0.1) is 0 Å². The van der Waals surface area contributed by atoms with Gasteiger partial charge in [0.2, 0.25) is 0 Å². The number of hydrogen-bond acceptors (Lipinski definition) is 4. The number of carboxylic acid groups (broad SMARTS) is 1. The SMILES string of the molecule is COc1ccc(C2CN(C(=O)OC(C)(C)C)CC2C(=O)O)cc1F. The first-order valence-corrected chi connectivity index (χ1v) is 7.66. The van der Waals surface area contributed by atoms with E-state index < -0.39 is 35.3 Å². The lowest BCUT2D eigenvalue weighted by Gasteiger charge is -2.24. The average Bonchev–Trinajstić information content (AvgIpc) is 2.91. The maximum absolute atomic E-state index is 13.9. The van der Waals surface area contributed by atoms with Crippen LogP contribution in [0, 0.1) is 11.7 Å². The fourth-order valence-electron chi connectivity index (χ4n) is 2.78. The third-order valence-electron chi connectivity index (χ3n) is 3.89. The number of likely N-dealkylation sites (tertiary alicyclic amines) is 1. The monoisotopic (exact) mass is 339 g/mol. The van der Waals surface area contributed by atoms with Crippen LogP contribution in [0.3, 0.4) is 0 Å². The first-order chi connectivity index (χ1) is 11.1. The van der Waals surface area contributed by atoms with Gasteiger partial charge in [0.1, 0.15) is 5.60 Å². The van der Waals surface area contributed by atoms with Crippen molar-refractivity contribution in [2.45, 2.75) is 32.3 Å². The van der Waals surface area contributed by atoms with Gasteiger partial charge < -0.3 is 19.5 Å². The van der Waals surface area contributed by atoms with Gasteiger partial charge in [-0.2, -0.15) is 0 Å². The van der Waals surface area contributed by atoms with Gasteiger partial charge in [-0.25, -0.2) is 9.18 Å². The van der Waals surface area contributed by atoms with Gasteiger partial charge >= 0.3 is 12.1 Å². The average molecular weight is 339 g/mol. The minimum atomic E-state index is -1.03. The van der Waals surface area contributed by atoms with E-state index in [0.29, 0.717) is 5.56 Å². The smallest absolute Gasteiger partial charge is 0.410 e. The number of carbonyl (C=O) groups excluding carboxylic acids is 1. The second-order valence-corrected chi connectivity index (χ2v) is 6.83. The Hall–Kier alpha value is -2.31. The van der Waals surface area contributed by atoms with E-state index in [2.05, 4.69) is 0 Å². The van der Waals surface area contributed by atoms with Crippen LogP contribution in [0.15, 0.2) is 18.2 Å². The molecule has 7 heteroatoms. The number of nitrogens with zero attached hydrogens (tertiary/aromatic N) is 1. The minimum Gasteiger partial charge on any atom is -0.494 e. The van der Waals surface area contributed by atoms with E-state index in [1.807, 2.05) is 0 Å². The molecule has 0 saturated carbocycles. The topological polar surface area (TPSA) is 76.1 Å². The quantitative estimate of drug-likeness (QED) is 0.916. The molecule has 1 aromatic rings. The van der Waals surface area contributed by atoms with E-state index in [1.54, 1.807) is 26.8 Å². The Morgan fingerprint density at radius 2 is 1.96 bits per heavy atom. The maximum atomic E-state index is 13.9. The second-order valence-electron chi connectivity index (χ2n) is 6.83. The van der Waals surface area contributed by atoms with E-state index in [1.165, 1.54) is 24.1 Å². The predicted molar refractivity (Wildman–Crippen MR) is 84.6 cm³/mol. The summed E-state index contributed by atoms with van der Waals surface area (Å²) in [6.07, 6.45) is -0.565. The largest absolute Gasteiger partial charge is 0.494 e. The standard InChI is InChI=1S/C17H22FNO5/c1-17(2,3)24-16(22)19-8-11(12(9-19)15(20)21)10-5-6-14(23-4)13(18)7-10/h5-7,11-12H,8-9H2,1-4H3,(H,20,21). The second kappa shape index (κ2) is 6.67. The van der Waals surface area contributed by atoms with Crippen molar-refractivity contribution < 1.29 is 28.6 Å². The molecule has 0 spiro atoms.